The van der Waals surface area contributed by atoms with Crippen LogP contribution in [0.25, 0.3) is 0 Å². The van der Waals surface area contributed by atoms with Crippen LogP contribution in [0.4, 0.5) is 10.2 Å². The molecule has 3 rings (SSSR count). The van der Waals surface area contributed by atoms with Gasteiger partial charge in [0.1, 0.15) is 5.82 Å². The number of benzene rings is 2. The van der Waals surface area contributed by atoms with Crippen molar-refractivity contribution in [1.82, 2.24) is 15.1 Å². The van der Waals surface area contributed by atoms with Gasteiger partial charge in [0.15, 0.2) is 10.9 Å². The van der Waals surface area contributed by atoms with E-state index in [-0.39, 0.29) is 5.82 Å². The molecule has 0 atom stereocenters. The van der Waals surface area contributed by atoms with Crippen molar-refractivity contribution in [2.24, 2.45) is 0 Å². The zero-order chi connectivity index (χ0) is 19.4. The van der Waals surface area contributed by atoms with Gasteiger partial charge in [0, 0.05) is 22.8 Å². The maximum absolute atomic E-state index is 12.9. The monoisotopic (exact) mass is 486 g/mol. The van der Waals surface area contributed by atoms with E-state index in [1.54, 1.807) is 28.9 Å². The number of halogens is 4. The van der Waals surface area contributed by atoms with E-state index in [0.717, 1.165) is 15.6 Å². The van der Waals surface area contributed by atoms with E-state index in [2.05, 4.69) is 31.7 Å². The van der Waals surface area contributed by atoms with E-state index in [4.69, 9.17) is 35.4 Å². The molecule has 0 bridgehead atoms. The lowest BCUT2D eigenvalue weighted by Gasteiger charge is -2.09. The van der Waals surface area contributed by atoms with E-state index in [0.29, 0.717) is 34.1 Å². The Morgan fingerprint density at radius 2 is 1.93 bits per heavy atom. The number of thiocarbonyl (C=S) groups is 1. The lowest BCUT2D eigenvalue weighted by atomic mass is 10.2. The Bertz CT molecular complexity index is 962. The second kappa shape index (κ2) is 9.01. The summed E-state index contributed by atoms with van der Waals surface area (Å²) in [5.74, 6) is 0.311. The molecule has 2 N–H and O–H groups in total. The first kappa shape index (κ1) is 20.1. The summed E-state index contributed by atoms with van der Waals surface area (Å²) in [5.41, 5.74) is 1.82. The van der Waals surface area contributed by atoms with Crippen LogP contribution in [0.15, 0.2) is 53.1 Å². The Labute approximate surface area is 179 Å². The van der Waals surface area contributed by atoms with Gasteiger partial charge in [-0.3, -0.25) is 4.68 Å². The predicted molar refractivity (Wildman–Crippen MR) is 115 cm³/mol. The minimum absolute atomic E-state index is 0.269. The van der Waals surface area contributed by atoms with Crippen molar-refractivity contribution in [3.8, 4) is 0 Å². The van der Waals surface area contributed by atoms with Gasteiger partial charge in [0.2, 0.25) is 0 Å². The van der Waals surface area contributed by atoms with Crippen molar-refractivity contribution in [2.45, 2.75) is 13.1 Å². The van der Waals surface area contributed by atoms with Gasteiger partial charge in [-0.25, -0.2) is 4.39 Å². The molecule has 0 fully saturated rings. The first-order valence-corrected chi connectivity index (χ1v) is 9.82. The minimum atomic E-state index is -0.269. The lowest BCUT2D eigenvalue weighted by Crippen LogP contribution is -2.28. The molecule has 0 aliphatic rings. The van der Waals surface area contributed by atoms with Crippen LogP contribution >= 0.6 is 51.3 Å². The van der Waals surface area contributed by atoms with Gasteiger partial charge in [0.25, 0.3) is 0 Å². The minimum Gasteiger partial charge on any atom is -0.358 e. The zero-order valence-electron chi connectivity index (χ0n) is 13.8. The fraction of sp³-hybridized carbons (Fsp3) is 0.111. The number of nitrogens with one attached hydrogen (secondary N) is 2. The first-order chi connectivity index (χ1) is 12.9. The van der Waals surface area contributed by atoms with Crippen LogP contribution < -0.4 is 10.6 Å². The molecule has 0 aliphatic heterocycles. The number of anilines is 1. The first-order valence-electron chi connectivity index (χ1n) is 7.87. The highest BCUT2D eigenvalue weighted by Gasteiger charge is 2.10. The number of nitrogens with zero attached hydrogens (tertiary/aromatic N) is 2. The summed E-state index contributed by atoms with van der Waals surface area (Å²) in [6.07, 6.45) is 1.83. The van der Waals surface area contributed by atoms with E-state index < -0.39 is 0 Å². The van der Waals surface area contributed by atoms with Crippen LogP contribution in [-0.4, -0.2) is 14.9 Å². The molecule has 0 saturated heterocycles. The maximum Gasteiger partial charge on any atom is 0.172 e. The van der Waals surface area contributed by atoms with E-state index in [9.17, 15) is 4.39 Å². The Morgan fingerprint density at radius 1 is 1.19 bits per heavy atom. The van der Waals surface area contributed by atoms with Crippen molar-refractivity contribution in [3.05, 3.63) is 80.1 Å². The molecule has 3 aromatic rings. The Kier molecular flexibility index (Phi) is 6.70. The smallest absolute Gasteiger partial charge is 0.172 e. The third-order valence-corrected chi connectivity index (χ3v) is 5.08. The van der Waals surface area contributed by atoms with Crippen molar-refractivity contribution in [3.63, 3.8) is 0 Å². The quantitative estimate of drug-likeness (QED) is 0.458. The highest BCUT2D eigenvalue weighted by Crippen LogP contribution is 2.24. The molecule has 140 valence electrons. The summed E-state index contributed by atoms with van der Waals surface area (Å²) < 4.78 is 15.4. The zero-order valence-corrected chi connectivity index (χ0v) is 17.8. The second-order valence-corrected chi connectivity index (χ2v) is 7.80. The van der Waals surface area contributed by atoms with Crippen molar-refractivity contribution < 1.29 is 4.39 Å². The summed E-state index contributed by atoms with van der Waals surface area (Å²) in [5, 5.41) is 12.1. The standard InChI is InChI=1S/C18H14BrCl2FN4S/c19-15-10-26(9-12-3-4-13(20)7-16(12)21)25-17(15)24-18(27)23-8-11-1-5-14(22)6-2-11/h1-7,10H,8-9H2,(H2,23,24,25,27). The average molecular weight is 488 g/mol. The molecule has 4 nitrogen and oxygen atoms in total. The molecule has 0 saturated carbocycles. The Morgan fingerprint density at radius 3 is 2.63 bits per heavy atom. The SMILES string of the molecule is Fc1ccc(CNC(=S)Nc2nn(Cc3ccc(Cl)cc3Cl)cc2Br)cc1. The van der Waals surface area contributed by atoms with Crippen LogP contribution in [0.3, 0.4) is 0 Å². The molecule has 1 heterocycles. The molecule has 0 radical (unpaired) electrons. The molecular formula is C18H14BrCl2FN4S. The van der Waals surface area contributed by atoms with Crippen LogP contribution in [0.5, 0.6) is 0 Å². The molecule has 0 spiro atoms. The van der Waals surface area contributed by atoms with Gasteiger partial charge in [-0.05, 0) is 63.5 Å². The largest absolute Gasteiger partial charge is 0.358 e. The molecule has 2 aromatic carbocycles. The molecule has 0 aliphatic carbocycles. The Balaban J connectivity index is 1.60. The van der Waals surface area contributed by atoms with Gasteiger partial charge in [0.05, 0.1) is 11.0 Å². The average Bonchev–Trinajstić information content (AvgIpc) is 2.96. The highest BCUT2D eigenvalue weighted by molar-refractivity contribution is 9.10. The molecule has 0 amide bonds. The van der Waals surface area contributed by atoms with Gasteiger partial charge < -0.3 is 10.6 Å². The summed E-state index contributed by atoms with van der Waals surface area (Å²) in [6.45, 7) is 0.969. The topological polar surface area (TPSA) is 41.9 Å². The third kappa shape index (κ3) is 5.65. The van der Waals surface area contributed by atoms with E-state index in [1.807, 2.05) is 12.3 Å². The van der Waals surface area contributed by atoms with E-state index >= 15 is 0 Å². The van der Waals surface area contributed by atoms with Crippen molar-refractivity contribution in [1.29, 1.82) is 0 Å². The summed E-state index contributed by atoms with van der Waals surface area (Å²) in [4.78, 5) is 0. The second-order valence-electron chi connectivity index (χ2n) is 5.69. The molecule has 1 aromatic heterocycles. The fourth-order valence-corrected chi connectivity index (χ4v) is 3.38. The number of hydrogen-bond donors (Lipinski definition) is 2. The number of hydrogen-bond acceptors (Lipinski definition) is 2. The van der Waals surface area contributed by atoms with Crippen molar-refractivity contribution >= 4 is 62.3 Å². The lowest BCUT2D eigenvalue weighted by molar-refractivity contribution is 0.627. The van der Waals surface area contributed by atoms with Crippen molar-refractivity contribution in [2.75, 3.05) is 5.32 Å². The van der Waals surface area contributed by atoms with Gasteiger partial charge in [-0.1, -0.05) is 41.4 Å². The van der Waals surface area contributed by atoms with Gasteiger partial charge >= 0.3 is 0 Å². The van der Waals surface area contributed by atoms with E-state index in [1.165, 1.54) is 12.1 Å². The summed E-state index contributed by atoms with van der Waals surface area (Å²) in [7, 11) is 0. The van der Waals surface area contributed by atoms with Crippen LogP contribution in [0, 0.1) is 5.82 Å². The summed E-state index contributed by atoms with van der Waals surface area (Å²) in [6, 6.07) is 11.6. The predicted octanol–water partition coefficient (Wildman–Crippen LogP) is 5.63. The Hall–Kier alpha value is -1.67. The summed E-state index contributed by atoms with van der Waals surface area (Å²) >= 11 is 20.9. The maximum atomic E-state index is 12.9. The third-order valence-electron chi connectivity index (χ3n) is 3.66. The molecule has 0 unspecified atom stereocenters. The number of aromatic nitrogens is 2. The van der Waals surface area contributed by atoms with Crippen LogP contribution in [-0.2, 0) is 13.1 Å². The van der Waals surface area contributed by atoms with Crippen LogP contribution in [0.2, 0.25) is 10.0 Å². The molecule has 9 heteroatoms. The molecule has 27 heavy (non-hydrogen) atoms. The van der Waals surface area contributed by atoms with Crippen LogP contribution in [0.1, 0.15) is 11.1 Å². The normalized spacial score (nSPS) is 10.7. The van der Waals surface area contributed by atoms with Gasteiger partial charge in [-0.2, -0.15) is 5.10 Å². The molecular weight excluding hydrogens is 474 g/mol. The van der Waals surface area contributed by atoms with Gasteiger partial charge in [-0.15, -0.1) is 0 Å². The fourth-order valence-electron chi connectivity index (χ4n) is 2.32. The number of rotatable bonds is 5. The highest BCUT2D eigenvalue weighted by atomic mass is 79.9.